The molecule has 294 valence electrons. The van der Waals surface area contributed by atoms with E-state index in [0.29, 0.717) is 49.2 Å². The minimum Gasteiger partial charge on any atom is -0.387 e. The first-order valence-electron chi connectivity index (χ1n) is 16.6. The summed E-state index contributed by atoms with van der Waals surface area (Å²) in [5.41, 5.74) is 2.46. The number of hydrogen-bond donors (Lipinski definition) is 6. The minimum atomic E-state index is -1.69. The van der Waals surface area contributed by atoms with Gasteiger partial charge in [0.1, 0.15) is 13.2 Å². The Balaban J connectivity index is 0.000000211. The molecule has 2 saturated carbocycles. The van der Waals surface area contributed by atoms with Crippen molar-refractivity contribution in [3.8, 4) is 0 Å². The van der Waals surface area contributed by atoms with Gasteiger partial charge in [-0.15, -0.1) is 0 Å². The smallest absolute Gasteiger partial charge is 0.277 e. The summed E-state index contributed by atoms with van der Waals surface area (Å²) in [4.78, 5) is 34.6. The molecule has 4 aromatic carbocycles. The molecule has 18 heteroatoms. The van der Waals surface area contributed by atoms with Crippen LogP contribution in [0.2, 0.25) is 0 Å². The number of aliphatic hydroxyl groups is 2. The van der Waals surface area contributed by atoms with Crippen molar-refractivity contribution in [2.75, 3.05) is 23.8 Å². The van der Waals surface area contributed by atoms with Gasteiger partial charge in [0.15, 0.2) is 34.9 Å². The van der Waals surface area contributed by atoms with Crippen molar-refractivity contribution in [3.63, 3.8) is 0 Å². The maximum absolute atomic E-state index is 14.4. The van der Waals surface area contributed by atoms with Crippen LogP contribution in [-0.2, 0) is 9.68 Å². The molecule has 2 aliphatic carbocycles. The summed E-state index contributed by atoms with van der Waals surface area (Å²) in [7, 11) is 0. The highest BCUT2D eigenvalue weighted by molar-refractivity contribution is 14.1. The zero-order valence-electron chi connectivity index (χ0n) is 29.1. The first kappa shape index (κ1) is 42.4. The Morgan fingerprint density at radius 2 is 1.02 bits per heavy atom. The number of aryl methyl sites for hydroxylation is 2. The predicted octanol–water partition coefficient (Wildman–Crippen LogP) is 8.28. The fourth-order valence-electron chi connectivity index (χ4n) is 5.20. The van der Waals surface area contributed by atoms with E-state index in [1.807, 2.05) is 11.5 Å². The molecule has 0 spiro atoms. The topological polar surface area (TPSA) is 141 Å². The first-order chi connectivity index (χ1) is 25.9. The number of nitrogens with one attached hydrogen (secondary N) is 4. The molecule has 2 fully saturated rings. The van der Waals surface area contributed by atoms with E-state index in [4.69, 9.17) is 9.68 Å². The number of hydroxylamine groups is 2. The molecule has 2 amide bonds. The molecule has 6 rings (SSSR count). The summed E-state index contributed by atoms with van der Waals surface area (Å²) < 4.78 is 85.5. The summed E-state index contributed by atoms with van der Waals surface area (Å²) >= 11 is 4.20. The van der Waals surface area contributed by atoms with Gasteiger partial charge < -0.3 is 20.8 Å². The monoisotopic (exact) mass is 998 g/mol. The van der Waals surface area contributed by atoms with Crippen molar-refractivity contribution in [1.82, 2.24) is 11.0 Å². The zero-order valence-corrected chi connectivity index (χ0v) is 33.4. The van der Waals surface area contributed by atoms with E-state index < -0.39 is 80.4 Å². The van der Waals surface area contributed by atoms with Gasteiger partial charge in [-0.3, -0.25) is 19.3 Å². The van der Waals surface area contributed by atoms with Crippen LogP contribution in [0, 0.1) is 55.9 Å². The van der Waals surface area contributed by atoms with E-state index in [0.717, 1.165) is 24.7 Å². The van der Waals surface area contributed by atoms with Crippen LogP contribution < -0.4 is 21.6 Å². The average molecular weight is 998 g/mol. The van der Waals surface area contributed by atoms with Crippen molar-refractivity contribution in [2.45, 2.75) is 57.2 Å². The van der Waals surface area contributed by atoms with Crippen molar-refractivity contribution in [3.05, 3.63) is 113 Å². The molecular weight excluding hydrogens is 964 g/mol. The lowest BCUT2D eigenvalue weighted by Crippen LogP contribution is -2.44. The number of halogens is 8. The Labute approximate surface area is 338 Å². The maximum Gasteiger partial charge on any atom is 0.277 e. The number of carbonyl (C=O) groups excluding carboxylic acids is 2. The van der Waals surface area contributed by atoms with E-state index >= 15 is 0 Å². The van der Waals surface area contributed by atoms with Crippen LogP contribution >= 0.6 is 45.2 Å². The van der Waals surface area contributed by atoms with Crippen molar-refractivity contribution in [1.29, 1.82) is 0 Å². The van der Waals surface area contributed by atoms with Crippen molar-refractivity contribution < 1.29 is 55.8 Å². The molecule has 0 aromatic heterocycles. The molecule has 6 N–H and O–H groups in total. The zero-order chi connectivity index (χ0) is 40.2. The molecule has 0 saturated heterocycles. The molecule has 2 aliphatic rings. The third-order valence-electron chi connectivity index (χ3n) is 8.83. The Morgan fingerprint density at radius 3 is 1.35 bits per heavy atom. The van der Waals surface area contributed by atoms with E-state index in [2.05, 4.69) is 61.3 Å². The second-order valence-corrected chi connectivity index (χ2v) is 15.7. The third-order valence-corrected chi connectivity index (χ3v) is 10.2. The lowest BCUT2D eigenvalue weighted by atomic mass is 9.81. The molecule has 55 heavy (non-hydrogen) atoms. The molecule has 0 atom stereocenters. The molecule has 4 aromatic rings. The van der Waals surface area contributed by atoms with Crippen molar-refractivity contribution >= 4 is 79.7 Å². The van der Waals surface area contributed by atoms with Crippen LogP contribution in [0.15, 0.2) is 48.5 Å². The van der Waals surface area contributed by atoms with Crippen LogP contribution in [0.4, 0.5) is 49.1 Å². The predicted molar refractivity (Wildman–Crippen MR) is 207 cm³/mol. The maximum atomic E-state index is 14.4. The van der Waals surface area contributed by atoms with Gasteiger partial charge in [0, 0.05) is 18.5 Å². The Bertz CT molecular complexity index is 2120. The first-order valence-corrected chi connectivity index (χ1v) is 18.8. The van der Waals surface area contributed by atoms with Crippen molar-refractivity contribution in [2.24, 2.45) is 0 Å². The van der Waals surface area contributed by atoms with Crippen LogP contribution in [0.25, 0.3) is 0 Å². The van der Waals surface area contributed by atoms with Gasteiger partial charge in [-0.1, -0.05) is 0 Å². The molecule has 0 heterocycles. The van der Waals surface area contributed by atoms with Gasteiger partial charge >= 0.3 is 0 Å². The van der Waals surface area contributed by atoms with Gasteiger partial charge in [-0.05, 0) is 151 Å². The van der Waals surface area contributed by atoms with E-state index in [9.17, 15) is 46.1 Å². The largest absolute Gasteiger partial charge is 0.387 e. The standard InChI is InChI=1S/C19H18F3IN2O3.C18H16F3IN2O3/c1-10-7-11(23)3-4-14(10)24-17-12(8-13(20)15(21)16(17)22)18(26)25-28-9-19(27)5-2-6-19;1-9-6-10(22)2-3-13(9)23-16-11(7-12(19)14(20)15(16)21)17(25)24-27-8-18(26)4-5-18/h3-4,7-8,24,27H,2,5-6,9H2,1H3,(H,25,26);2-3,6-7,23,26H,4-5,8H2,1H3,(H,24,25). The third kappa shape index (κ3) is 10.6. The summed E-state index contributed by atoms with van der Waals surface area (Å²) in [5.74, 6) is -11.3. The fraction of sp³-hybridized carbons (Fsp3) is 0.297. The average Bonchev–Trinajstić information content (AvgIpc) is 3.86. The van der Waals surface area contributed by atoms with Gasteiger partial charge in [-0.2, -0.15) is 0 Å². The Morgan fingerprint density at radius 1 is 0.636 bits per heavy atom. The number of amides is 2. The summed E-state index contributed by atoms with van der Waals surface area (Å²) in [5, 5.41) is 25.0. The van der Waals surface area contributed by atoms with Crippen LogP contribution in [-0.4, -0.2) is 46.4 Å². The lowest BCUT2D eigenvalue weighted by molar-refractivity contribution is -0.113. The van der Waals surface area contributed by atoms with Crippen LogP contribution in [0.5, 0.6) is 0 Å². The molecule has 10 nitrogen and oxygen atoms in total. The lowest BCUT2D eigenvalue weighted by Gasteiger charge is -2.35. The quantitative estimate of drug-likeness (QED) is 0.0361. The number of carbonyl (C=O) groups is 2. The molecule has 0 aliphatic heterocycles. The van der Waals surface area contributed by atoms with Gasteiger partial charge in [0.05, 0.1) is 33.7 Å². The highest BCUT2D eigenvalue weighted by atomic mass is 127. The number of benzene rings is 4. The SMILES string of the molecule is Cc1cc(I)ccc1Nc1c(C(=O)NOCC2(O)CC2)cc(F)c(F)c1F.Cc1cc(I)ccc1Nc1c(C(=O)NOCC2(O)CCC2)cc(F)c(F)c1F. The number of rotatable bonds is 12. The highest BCUT2D eigenvalue weighted by Gasteiger charge is 2.41. The number of hydrogen-bond acceptors (Lipinski definition) is 8. The summed E-state index contributed by atoms with van der Waals surface area (Å²) in [6, 6.07) is 11.6. The highest BCUT2D eigenvalue weighted by Crippen LogP contribution is 2.36. The van der Waals surface area contributed by atoms with E-state index in [1.165, 1.54) is 0 Å². The molecule has 0 bridgehead atoms. The van der Waals surface area contributed by atoms with Gasteiger partial charge in [-0.25, -0.2) is 37.3 Å². The molecular formula is C37H34F6I2N4O6. The fourth-order valence-corrected chi connectivity index (χ4v) is 6.49. The van der Waals surface area contributed by atoms with Crippen LogP contribution in [0.1, 0.15) is 63.9 Å². The van der Waals surface area contributed by atoms with E-state index in [-0.39, 0.29) is 13.2 Å². The summed E-state index contributed by atoms with van der Waals surface area (Å²) in [6.45, 7) is 3.21. The second-order valence-electron chi connectivity index (χ2n) is 13.2. The Hall–Kier alpha value is -3.70. The second kappa shape index (κ2) is 17.6. The number of anilines is 4. The van der Waals surface area contributed by atoms with Crippen LogP contribution in [0.3, 0.4) is 0 Å². The van der Waals surface area contributed by atoms with E-state index in [1.54, 1.807) is 44.2 Å². The Kier molecular flexibility index (Phi) is 13.6. The minimum absolute atomic E-state index is 0.149. The van der Waals surface area contributed by atoms with Gasteiger partial charge in [0.2, 0.25) is 0 Å². The van der Waals surface area contributed by atoms with Gasteiger partial charge in [0.25, 0.3) is 11.8 Å². The molecule has 0 unspecified atom stereocenters. The summed E-state index contributed by atoms with van der Waals surface area (Å²) in [6.07, 6.45) is 3.03. The normalized spacial score (nSPS) is 14.9. The molecule has 0 radical (unpaired) electrons.